The van der Waals surface area contributed by atoms with Crippen molar-refractivity contribution < 1.29 is 13.6 Å². The molecule has 0 aromatic carbocycles. The summed E-state index contributed by atoms with van der Waals surface area (Å²) in [5.41, 5.74) is 4.06. The molecule has 0 fully saturated rings. The smallest absolute Gasteiger partial charge is 0.264 e. The molecule has 0 aliphatic rings. The Hall–Kier alpha value is -2.03. The first-order valence-corrected chi connectivity index (χ1v) is 3.54. The van der Waals surface area contributed by atoms with Gasteiger partial charge in [0.05, 0.1) is 5.56 Å². The van der Waals surface area contributed by atoms with E-state index in [1.54, 1.807) is 6.07 Å². The number of carbonyl (C=O) groups is 1. The Morgan fingerprint density at radius 1 is 1.64 bits per heavy atom. The number of hydrogen-bond donors (Lipinski definition) is 1. The Morgan fingerprint density at radius 3 is 2.71 bits per heavy atom. The molecule has 0 saturated heterocycles. The Morgan fingerprint density at radius 2 is 2.29 bits per heavy atom. The zero-order chi connectivity index (χ0) is 10.7. The Balaban J connectivity index is 3.45. The van der Waals surface area contributed by atoms with Gasteiger partial charge in [-0.05, 0) is 6.07 Å². The molecule has 0 aliphatic carbocycles. The number of anilines is 1. The van der Waals surface area contributed by atoms with Crippen molar-refractivity contribution in [2.24, 2.45) is 0 Å². The molecule has 6 heteroatoms. The topological polar surface area (TPSA) is 79.8 Å². The van der Waals surface area contributed by atoms with Crippen LogP contribution >= 0.6 is 0 Å². The minimum atomic E-state index is -2.85. The number of halogens is 2. The standard InChI is InChI=1S/C8H5F2N3O/c9-7(10)5-1-4(2-11)13-8(12)6(5)3-14/h1,3,7H,(H2,12,13). The minimum Gasteiger partial charge on any atom is -0.383 e. The molecule has 72 valence electrons. The Bertz CT molecular complexity index is 412. The first kappa shape index (κ1) is 10.1. The number of alkyl halides is 2. The van der Waals surface area contributed by atoms with Gasteiger partial charge in [-0.3, -0.25) is 4.79 Å². The summed E-state index contributed by atoms with van der Waals surface area (Å²) in [7, 11) is 0. The van der Waals surface area contributed by atoms with Crippen LogP contribution in [0.25, 0.3) is 0 Å². The van der Waals surface area contributed by atoms with Crippen LogP contribution in [0.2, 0.25) is 0 Å². The lowest BCUT2D eigenvalue weighted by Crippen LogP contribution is -2.04. The second kappa shape index (κ2) is 3.79. The maximum atomic E-state index is 12.4. The second-order valence-electron chi connectivity index (χ2n) is 2.43. The SMILES string of the molecule is N#Cc1cc(C(F)F)c(C=O)c(N)n1. The van der Waals surface area contributed by atoms with Crippen molar-refractivity contribution in [2.45, 2.75) is 6.43 Å². The van der Waals surface area contributed by atoms with Crippen LogP contribution in [-0.4, -0.2) is 11.3 Å². The molecule has 0 atom stereocenters. The van der Waals surface area contributed by atoms with Gasteiger partial charge in [0.15, 0.2) is 6.29 Å². The van der Waals surface area contributed by atoms with Gasteiger partial charge in [-0.15, -0.1) is 0 Å². The number of nitrogens with zero attached hydrogens (tertiary/aromatic N) is 2. The molecular formula is C8H5F2N3O. The summed E-state index contributed by atoms with van der Waals surface area (Å²) >= 11 is 0. The van der Waals surface area contributed by atoms with Gasteiger partial charge in [0.25, 0.3) is 6.43 Å². The Kier molecular flexibility index (Phi) is 2.72. The lowest BCUT2D eigenvalue weighted by Gasteiger charge is -2.05. The number of nitrogen functional groups attached to an aromatic ring is 1. The van der Waals surface area contributed by atoms with E-state index < -0.39 is 12.0 Å². The van der Waals surface area contributed by atoms with E-state index in [0.717, 1.165) is 6.07 Å². The summed E-state index contributed by atoms with van der Waals surface area (Å²) in [6.45, 7) is 0. The van der Waals surface area contributed by atoms with Gasteiger partial charge in [0, 0.05) is 5.56 Å². The fraction of sp³-hybridized carbons (Fsp3) is 0.125. The fourth-order valence-electron chi connectivity index (χ4n) is 0.961. The molecule has 1 aromatic heterocycles. The monoisotopic (exact) mass is 197 g/mol. The van der Waals surface area contributed by atoms with Gasteiger partial charge in [0.1, 0.15) is 17.6 Å². The van der Waals surface area contributed by atoms with E-state index in [4.69, 9.17) is 11.0 Å². The lowest BCUT2D eigenvalue weighted by atomic mass is 10.1. The van der Waals surface area contributed by atoms with E-state index in [2.05, 4.69) is 4.98 Å². The number of hydrogen-bond acceptors (Lipinski definition) is 4. The number of carbonyl (C=O) groups excluding carboxylic acids is 1. The van der Waals surface area contributed by atoms with Crippen molar-refractivity contribution >= 4 is 12.1 Å². The highest BCUT2D eigenvalue weighted by atomic mass is 19.3. The summed E-state index contributed by atoms with van der Waals surface area (Å²) < 4.78 is 24.7. The Labute approximate surface area is 78.0 Å². The molecule has 4 nitrogen and oxygen atoms in total. The third-order valence-electron chi connectivity index (χ3n) is 1.59. The van der Waals surface area contributed by atoms with E-state index in [-0.39, 0.29) is 23.4 Å². The summed E-state index contributed by atoms with van der Waals surface area (Å²) in [4.78, 5) is 13.9. The first-order chi connectivity index (χ1) is 6.60. The van der Waals surface area contributed by atoms with Gasteiger partial charge in [-0.25, -0.2) is 13.8 Å². The molecule has 1 heterocycles. The third kappa shape index (κ3) is 1.66. The summed E-state index contributed by atoms with van der Waals surface area (Å²) in [6.07, 6.45) is -2.65. The number of pyridine rings is 1. The lowest BCUT2D eigenvalue weighted by molar-refractivity contribution is 0.110. The van der Waals surface area contributed by atoms with Crippen molar-refractivity contribution in [3.8, 4) is 6.07 Å². The molecule has 0 radical (unpaired) electrons. The van der Waals surface area contributed by atoms with Crippen LogP contribution in [0.15, 0.2) is 6.07 Å². The van der Waals surface area contributed by atoms with E-state index in [9.17, 15) is 13.6 Å². The maximum absolute atomic E-state index is 12.4. The van der Waals surface area contributed by atoms with Gasteiger partial charge in [-0.2, -0.15) is 5.26 Å². The molecule has 1 aromatic rings. The summed E-state index contributed by atoms with van der Waals surface area (Å²) in [5, 5.41) is 8.43. The third-order valence-corrected chi connectivity index (χ3v) is 1.59. The van der Waals surface area contributed by atoms with Gasteiger partial charge in [0.2, 0.25) is 0 Å². The highest BCUT2D eigenvalue weighted by Gasteiger charge is 2.17. The zero-order valence-electron chi connectivity index (χ0n) is 6.87. The molecule has 0 aliphatic heterocycles. The number of rotatable bonds is 2. The van der Waals surface area contributed by atoms with Crippen LogP contribution in [0, 0.1) is 11.3 Å². The number of nitrogens with two attached hydrogens (primary N) is 1. The predicted octanol–water partition coefficient (Wildman–Crippen LogP) is 1.29. The van der Waals surface area contributed by atoms with Crippen LogP contribution < -0.4 is 5.73 Å². The van der Waals surface area contributed by atoms with Crippen LogP contribution in [0.1, 0.15) is 28.0 Å². The normalized spacial score (nSPS) is 9.86. The van der Waals surface area contributed by atoms with E-state index in [1.807, 2.05) is 0 Å². The van der Waals surface area contributed by atoms with Crippen LogP contribution in [0.3, 0.4) is 0 Å². The highest BCUT2D eigenvalue weighted by molar-refractivity contribution is 5.84. The molecule has 0 unspecified atom stereocenters. The van der Waals surface area contributed by atoms with Gasteiger partial charge >= 0.3 is 0 Å². The van der Waals surface area contributed by atoms with Crippen molar-refractivity contribution in [2.75, 3.05) is 5.73 Å². The first-order valence-electron chi connectivity index (χ1n) is 3.54. The van der Waals surface area contributed by atoms with Crippen molar-refractivity contribution in [3.63, 3.8) is 0 Å². The molecule has 0 bridgehead atoms. The molecular weight excluding hydrogens is 192 g/mol. The maximum Gasteiger partial charge on any atom is 0.264 e. The van der Waals surface area contributed by atoms with Crippen LogP contribution in [0.5, 0.6) is 0 Å². The summed E-state index contributed by atoms with van der Waals surface area (Å²) in [6, 6.07) is 2.43. The highest BCUT2D eigenvalue weighted by Crippen LogP contribution is 2.25. The van der Waals surface area contributed by atoms with Crippen LogP contribution in [-0.2, 0) is 0 Å². The minimum absolute atomic E-state index is 0.199. The second-order valence-corrected chi connectivity index (χ2v) is 2.43. The predicted molar refractivity (Wildman–Crippen MR) is 43.7 cm³/mol. The van der Waals surface area contributed by atoms with Crippen molar-refractivity contribution in [1.82, 2.24) is 4.98 Å². The molecule has 1 rings (SSSR count). The van der Waals surface area contributed by atoms with E-state index in [1.165, 1.54) is 0 Å². The van der Waals surface area contributed by atoms with Gasteiger partial charge in [-0.1, -0.05) is 0 Å². The number of aromatic nitrogens is 1. The molecule has 0 saturated carbocycles. The zero-order valence-corrected chi connectivity index (χ0v) is 6.87. The number of nitriles is 1. The number of aldehydes is 1. The largest absolute Gasteiger partial charge is 0.383 e. The summed E-state index contributed by atoms with van der Waals surface area (Å²) in [5.74, 6) is -0.352. The molecule has 0 spiro atoms. The van der Waals surface area contributed by atoms with Gasteiger partial charge < -0.3 is 5.73 Å². The molecule has 14 heavy (non-hydrogen) atoms. The molecule has 2 N–H and O–H groups in total. The van der Waals surface area contributed by atoms with Crippen LogP contribution in [0.4, 0.5) is 14.6 Å². The average Bonchev–Trinajstić information content (AvgIpc) is 2.16. The fourth-order valence-corrected chi connectivity index (χ4v) is 0.961. The van der Waals surface area contributed by atoms with Crippen molar-refractivity contribution in [1.29, 1.82) is 5.26 Å². The molecule has 0 amide bonds. The van der Waals surface area contributed by atoms with Crippen molar-refractivity contribution in [3.05, 3.63) is 22.9 Å². The quantitative estimate of drug-likeness (QED) is 0.724. The van der Waals surface area contributed by atoms with E-state index >= 15 is 0 Å². The van der Waals surface area contributed by atoms with E-state index in [0.29, 0.717) is 0 Å². The average molecular weight is 197 g/mol.